The first-order chi connectivity index (χ1) is 10.5. The summed E-state index contributed by atoms with van der Waals surface area (Å²) in [6, 6.07) is 14.3. The van der Waals surface area contributed by atoms with E-state index in [1.54, 1.807) is 30.5 Å². The molecule has 2 rings (SSSR count). The van der Waals surface area contributed by atoms with Gasteiger partial charge in [0, 0.05) is 6.20 Å². The van der Waals surface area contributed by atoms with Gasteiger partial charge in [-0.05, 0) is 36.7 Å². The largest absolute Gasteiger partial charge is 0.488 e. The minimum atomic E-state index is -1.34. The highest BCUT2D eigenvalue weighted by atomic mass is 32.1. The second-order valence-electron chi connectivity index (χ2n) is 4.17. The van der Waals surface area contributed by atoms with Crippen LogP contribution in [-0.4, -0.2) is 33.0 Å². The Morgan fingerprint density at radius 2 is 1.82 bits per heavy atom. The number of hydrogen-bond donors (Lipinski definition) is 4. The smallest absolute Gasteiger partial charge is 0.423 e. The average molecular weight is 316 g/mol. The lowest BCUT2D eigenvalue weighted by molar-refractivity contribution is 0.426. The van der Waals surface area contributed by atoms with E-state index in [1.165, 1.54) is 0 Å². The first kappa shape index (κ1) is 17.8. The second-order valence-corrected chi connectivity index (χ2v) is 4.61. The molecule has 0 aliphatic heterocycles. The predicted octanol–water partition coefficient (Wildman–Crippen LogP) is 0.00520. The summed E-state index contributed by atoms with van der Waals surface area (Å²) >= 11 is 4.60. The highest BCUT2D eigenvalue weighted by Crippen LogP contribution is 1.94. The van der Waals surface area contributed by atoms with Crippen molar-refractivity contribution in [2.24, 2.45) is 10.8 Å². The summed E-state index contributed by atoms with van der Waals surface area (Å²) in [7, 11) is -1.34. The van der Waals surface area contributed by atoms with Crippen LogP contribution in [0.4, 0.5) is 0 Å². The van der Waals surface area contributed by atoms with E-state index in [-0.39, 0.29) is 5.11 Å². The fourth-order valence-electron chi connectivity index (χ4n) is 1.40. The number of thiocarbonyl (C=S) groups is 1. The number of aromatic nitrogens is 1. The molecule has 6 nitrogen and oxygen atoms in total. The Labute approximate surface area is 134 Å². The number of nitrogens with zero attached hydrogens (tertiary/aromatic N) is 2. The van der Waals surface area contributed by atoms with Crippen LogP contribution in [0.25, 0.3) is 0 Å². The number of rotatable bonds is 3. The molecule has 0 bridgehead atoms. The molecule has 0 fully saturated rings. The van der Waals surface area contributed by atoms with Gasteiger partial charge in [-0.15, -0.1) is 0 Å². The highest BCUT2D eigenvalue weighted by molar-refractivity contribution is 7.80. The fraction of sp³-hybridized carbons (Fsp3) is 0.0714. The van der Waals surface area contributed by atoms with E-state index in [9.17, 15) is 0 Å². The van der Waals surface area contributed by atoms with Gasteiger partial charge in [0.1, 0.15) is 0 Å². The third-order valence-electron chi connectivity index (χ3n) is 2.47. The van der Waals surface area contributed by atoms with Crippen molar-refractivity contribution in [3.05, 3.63) is 60.4 Å². The van der Waals surface area contributed by atoms with Crippen molar-refractivity contribution in [1.29, 1.82) is 0 Å². The summed E-state index contributed by atoms with van der Waals surface area (Å²) in [6.45, 7) is 1.83. The molecule has 0 amide bonds. The van der Waals surface area contributed by atoms with Crippen molar-refractivity contribution in [2.45, 2.75) is 6.92 Å². The first-order valence-electron chi connectivity index (χ1n) is 6.43. The average Bonchev–Trinajstić information content (AvgIpc) is 2.55. The normalized spacial score (nSPS) is 10.2. The Morgan fingerprint density at radius 3 is 2.27 bits per heavy atom. The van der Waals surface area contributed by atoms with Gasteiger partial charge in [-0.25, -0.2) is 0 Å². The molecular weight excluding hydrogens is 299 g/mol. The molecule has 5 N–H and O–H groups in total. The number of nitrogens with two attached hydrogens (primary N) is 1. The van der Waals surface area contributed by atoms with E-state index in [0.717, 1.165) is 11.4 Å². The van der Waals surface area contributed by atoms with Crippen LogP contribution >= 0.6 is 12.2 Å². The molecular formula is C14H17BN4O2S. The van der Waals surface area contributed by atoms with Gasteiger partial charge in [0.25, 0.3) is 0 Å². The van der Waals surface area contributed by atoms with E-state index < -0.39 is 7.12 Å². The fourth-order valence-corrected chi connectivity index (χ4v) is 1.44. The molecule has 0 aliphatic carbocycles. The predicted molar refractivity (Wildman–Crippen MR) is 92.6 cm³/mol. The summed E-state index contributed by atoms with van der Waals surface area (Å²) in [5.74, 6) is 0. The SMILES string of the molecule is C/C(=N\NC(N)=S)c1ccccn1.OB(O)c1ccccc1. The van der Waals surface area contributed by atoms with Gasteiger partial charge >= 0.3 is 7.12 Å². The summed E-state index contributed by atoms with van der Waals surface area (Å²) in [5.41, 5.74) is 9.78. The molecule has 2 aromatic rings. The Kier molecular flexibility index (Phi) is 7.76. The molecule has 114 valence electrons. The molecule has 1 aromatic carbocycles. The van der Waals surface area contributed by atoms with E-state index in [4.69, 9.17) is 15.8 Å². The van der Waals surface area contributed by atoms with Gasteiger partial charge in [-0.1, -0.05) is 36.4 Å². The van der Waals surface area contributed by atoms with Crippen LogP contribution in [0.2, 0.25) is 0 Å². The standard InChI is InChI=1S/C8H10N4S.C6H7BO2/c1-6(11-12-8(9)13)7-4-2-3-5-10-7;8-7(9)6-4-2-1-3-5-6/h2-5H,1H3,(H3,9,12,13);1-5,8-9H/b11-6+;. The monoisotopic (exact) mass is 316 g/mol. The Balaban J connectivity index is 0.000000235. The highest BCUT2D eigenvalue weighted by Gasteiger charge is 2.07. The molecule has 0 saturated heterocycles. The van der Waals surface area contributed by atoms with Gasteiger partial charge in [0.15, 0.2) is 5.11 Å². The van der Waals surface area contributed by atoms with Crippen LogP contribution in [0.5, 0.6) is 0 Å². The van der Waals surface area contributed by atoms with Gasteiger partial charge in [-0.3, -0.25) is 10.4 Å². The van der Waals surface area contributed by atoms with Crippen LogP contribution < -0.4 is 16.6 Å². The zero-order valence-corrected chi connectivity index (χ0v) is 12.9. The molecule has 1 aromatic heterocycles. The van der Waals surface area contributed by atoms with Crippen molar-refractivity contribution in [1.82, 2.24) is 10.4 Å². The Hall–Kier alpha value is -2.29. The molecule has 0 saturated carbocycles. The summed E-state index contributed by atoms with van der Waals surface area (Å²) in [6.07, 6.45) is 1.70. The summed E-state index contributed by atoms with van der Waals surface area (Å²) < 4.78 is 0. The number of nitrogens with one attached hydrogen (secondary N) is 1. The first-order valence-corrected chi connectivity index (χ1v) is 6.83. The lowest BCUT2D eigenvalue weighted by Gasteiger charge is -1.99. The Morgan fingerprint density at radius 1 is 1.18 bits per heavy atom. The topological polar surface area (TPSA) is 104 Å². The van der Waals surface area contributed by atoms with Crippen LogP contribution in [0.1, 0.15) is 12.6 Å². The number of benzene rings is 1. The maximum atomic E-state index is 8.58. The third kappa shape index (κ3) is 6.93. The minimum absolute atomic E-state index is 0.148. The number of pyridine rings is 1. The van der Waals surface area contributed by atoms with Crippen LogP contribution in [-0.2, 0) is 0 Å². The maximum absolute atomic E-state index is 8.58. The lowest BCUT2D eigenvalue weighted by Crippen LogP contribution is -2.29. The minimum Gasteiger partial charge on any atom is -0.423 e. The summed E-state index contributed by atoms with van der Waals surface area (Å²) in [4.78, 5) is 4.10. The van der Waals surface area contributed by atoms with Gasteiger partial charge in [0.2, 0.25) is 0 Å². The van der Waals surface area contributed by atoms with Crippen molar-refractivity contribution in [2.75, 3.05) is 0 Å². The van der Waals surface area contributed by atoms with Crippen LogP contribution in [0.15, 0.2) is 59.8 Å². The zero-order chi connectivity index (χ0) is 16.4. The molecule has 0 unspecified atom stereocenters. The number of hydrazone groups is 1. The van der Waals surface area contributed by atoms with E-state index in [2.05, 4.69) is 27.7 Å². The van der Waals surface area contributed by atoms with Crippen molar-refractivity contribution < 1.29 is 10.0 Å². The van der Waals surface area contributed by atoms with E-state index in [0.29, 0.717) is 5.46 Å². The van der Waals surface area contributed by atoms with E-state index in [1.807, 2.05) is 31.2 Å². The van der Waals surface area contributed by atoms with Gasteiger partial charge in [-0.2, -0.15) is 5.10 Å². The molecule has 22 heavy (non-hydrogen) atoms. The second kappa shape index (κ2) is 9.61. The molecule has 8 heteroatoms. The molecule has 0 aliphatic rings. The zero-order valence-electron chi connectivity index (χ0n) is 12.0. The van der Waals surface area contributed by atoms with Gasteiger partial charge in [0.05, 0.1) is 11.4 Å². The van der Waals surface area contributed by atoms with Crippen molar-refractivity contribution in [3.63, 3.8) is 0 Å². The van der Waals surface area contributed by atoms with Crippen LogP contribution in [0.3, 0.4) is 0 Å². The molecule has 0 radical (unpaired) electrons. The van der Waals surface area contributed by atoms with Crippen molar-refractivity contribution in [3.8, 4) is 0 Å². The molecule has 0 atom stereocenters. The lowest BCUT2D eigenvalue weighted by atomic mass is 9.81. The summed E-state index contributed by atoms with van der Waals surface area (Å²) in [5, 5.41) is 21.2. The van der Waals surface area contributed by atoms with Crippen molar-refractivity contribution >= 4 is 35.6 Å². The quantitative estimate of drug-likeness (QED) is 0.275. The maximum Gasteiger partial charge on any atom is 0.488 e. The molecule has 0 spiro atoms. The third-order valence-corrected chi connectivity index (χ3v) is 2.56. The Bertz CT molecular complexity index is 609. The molecule has 1 heterocycles. The van der Waals surface area contributed by atoms with Gasteiger partial charge < -0.3 is 15.8 Å². The van der Waals surface area contributed by atoms with E-state index >= 15 is 0 Å². The number of hydrogen-bond acceptors (Lipinski definition) is 5. The van der Waals surface area contributed by atoms with Crippen LogP contribution in [0, 0.1) is 0 Å².